The van der Waals surface area contributed by atoms with Gasteiger partial charge in [-0.2, -0.15) is 0 Å². The monoisotopic (exact) mass is 312 g/mol. The van der Waals surface area contributed by atoms with Crippen molar-refractivity contribution < 1.29 is 0 Å². The third kappa shape index (κ3) is 5.49. The van der Waals surface area contributed by atoms with Crippen molar-refractivity contribution >= 4 is 41.8 Å². The smallest absolute Gasteiger partial charge is 0.0709 e. The maximum Gasteiger partial charge on any atom is 0.0709 e. The van der Waals surface area contributed by atoms with Crippen LogP contribution in [0.5, 0.6) is 0 Å². The maximum absolute atomic E-state index is 6.02. The van der Waals surface area contributed by atoms with E-state index in [1.807, 2.05) is 36.4 Å². The van der Waals surface area contributed by atoms with E-state index in [0.29, 0.717) is 5.92 Å². The highest BCUT2D eigenvalue weighted by Crippen LogP contribution is 2.13. The van der Waals surface area contributed by atoms with Gasteiger partial charge < -0.3 is 5.73 Å². The van der Waals surface area contributed by atoms with Crippen LogP contribution in [0.3, 0.4) is 0 Å². The van der Waals surface area contributed by atoms with Crippen molar-refractivity contribution in [3.8, 4) is 0 Å². The van der Waals surface area contributed by atoms with E-state index in [2.05, 4.69) is 31.0 Å². The predicted molar refractivity (Wildman–Crippen MR) is 92.7 cm³/mol. The number of nitrogens with two attached hydrogens (primary N) is 1. The number of hydrogen-bond donors (Lipinski definition) is 1. The number of halogens is 2. The van der Waals surface area contributed by atoms with Gasteiger partial charge in [-0.1, -0.05) is 44.2 Å². The summed E-state index contributed by atoms with van der Waals surface area (Å²) in [5.41, 5.74) is 8.01. The maximum atomic E-state index is 6.02. The molecule has 1 aromatic carbocycles. The van der Waals surface area contributed by atoms with Crippen molar-refractivity contribution in [3.63, 3.8) is 0 Å². The van der Waals surface area contributed by atoms with Gasteiger partial charge in [-0.05, 0) is 30.5 Å². The van der Waals surface area contributed by atoms with E-state index < -0.39 is 0 Å². The Kier molecular flexibility index (Phi) is 8.47. The second kappa shape index (κ2) is 8.96. The number of aromatic nitrogens is 1. The summed E-state index contributed by atoms with van der Waals surface area (Å²) in [6.07, 6.45) is 5.06. The van der Waals surface area contributed by atoms with Crippen LogP contribution in [0.25, 0.3) is 17.0 Å². The van der Waals surface area contributed by atoms with E-state index >= 15 is 0 Å². The zero-order valence-electron chi connectivity index (χ0n) is 11.8. The fourth-order valence-corrected chi connectivity index (χ4v) is 2.02. The first-order valence-corrected chi connectivity index (χ1v) is 6.45. The lowest BCUT2D eigenvalue weighted by Gasteiger charge is -2.08. The Morgan fingerprint density at radius 1 is 1.10 bits per heavy atom. The average Bonchev–Trinajstić information content (AvgIpc) is 2.35. The lowest BCUT2D eigenvalue weighted by molar-refractivity contribution is 0.547. The minimum absolute atomic E-state index is 0. The normalized spacial score (nSPS) is 12.2. The van der Waals surface area contributed by atoms with Gasteiger partial charge in [0.05, 0.1) is 11.2 Å². The number of rotatable bonds is 4. The molecule has 0 radical (unpaired) electrons. The van der Waals surface area contributed by atoms with Crippen LogP contribution >= 0.6 is 24.8 Å². The highest BCUT2D eigenvalue weighted by molar-refractivity contribution is 5.85. The third-order valence-corrected chi connectivity index (χ3v) is 2.88. The van der Waals surface area contributed by atoms with Gasteiger partial charge in [0, 0.05) is 11.4 Å². The van der Waals surface area contributed by atoms with Crippen molar-refractivity contribution in [1.29, 1.82) is 0 Å². The van der Waals surface area contributed by atoms with Crippen molar-refractivity contribution in [2.45, 2.75) is 26.3 Å². The van der Waals surface area contributed by atoms with Crippen LogP contribution in [0, 0.1) is 5.92 Å². The van der Waals surface area contributed by atoms with Gasteiger partial charge >= 0.3 is 0 Å². The van der Waals surface area contributed by atoms with E-state index in [4.69, 9.17) is 5.73 Å². The van der Waals surface area contributed by atoms with Crippen LogP contribution in [-0.2, 0) is 0 Å². The highest BCUT2D eigenvalue weighted by atomic mass is 35.5. The largest absolute Gasteiger partial charge is 0.324 e. The highest BCUT2D eigenvalue weighted by Gasteiger charge is 2.01. The van der Waals surface area contributed by atoms with Gasteiger partial charge in [-0.15, -0.1) is 24.8 Å². The second-order valence-electron chi connectivity index (χ2n) is 5.08. The minimum Gasteiger partial charge on any atom is -0.324 e. The number of hydrogen-bond acceptors (Lipinski definition) is 2. The molecule has 0 fully saturated rings. The van der Waals surface area contributed by atoms with Crippen molar-refractivity contribution in [3.05, 3.63) is 48.2 Å². The predicted octanol–water partition coefficient (Wildman–Crippen LogP) is 4.47. The molecule has 2 rings (SSSR count). The Balaban J connectivity index is 0.00000180. The van der Waals surface area contributed by atoms with Gasteiger partial charge in [0.25, 0.3) is 0 Å². The Labute approximate surface area is 133 Å². The molecular weight excluding hydrogens is 291 g/mol. The molecule has 1 heterocycles. The number of pyridine rings is 1. The summed E-state index contributed by atoms with van der Waals surface area (Å²) in [5, 5.41) is 1.17. The third-order valence-electron chi connectivity index (χ3n) is 2.88. The molecule has 4 heteroatoms. The summed E-state index contributed by atoms with van der Waals surface area (Å²) in [6.45, 7) is 4.37. The quantitative estimate of drug-likeness (QED) is 0.905. The van der Waals surface area contributed by atoms with Crippen molar-refractivity contribution in [1.82, 2.24) is 4.98 Å². The van der Waals surface area contributed by atoms with Crippen LogP contribution in [0.1, 0.15) is 26.0 Å². The molecule has 0 spiro atoms. The standard InChI is InChI=1S/C16H20N2.2ClH/c1-12(2)11-14(17)8-10-15-9-7-13-5-3-4-6-16(13)18-15;;/h3-10,12,14H,11,17H2,1-2H3;2*1H/t14-;;/m1../s1. The van der Waals surface area contributed by atoms with Gasteiger partial charge in [0.2, 0.25) is 0 Å². The summed E-state index contributed by atoms with van der Waals surface area (Å²) in [7, 11) is 0. The van der Waals surface area contributed by atoms with Crippen LogP contribution < -0.4 is 5.73 Å². The molecule has 0 saturated heterocycles. The van der Waals surface area contributed by atoms with E-state index in [1.165, 1.54) is 5.39 Å². The fourth-order valence-electron chi connectivity index (χ4n) is 2.02. The molecule has 0 unspecified atom stereocenters. The lowest BCUT2D eigenvalue weighted by Crippen LogP contribution is -2.18. The van der Waals surface area contributed by atoms with E-state index in [0.717, 1.165) is 17.6 Å². The number of fused-ring (bicyclic) bond motifs is 1. The van der Waals surface area contributed by atoms with E-state index in [9.17, 15) is 0 Å². The average molecular weight is 313 g/mol. The van der Waals surface area contributed by atoms with E-state index in [-0.39, 0.29) is 30.9 Å². The summed E-state index contributed by atoms with van der Waals surface area (Å²) in [4.78, 5) is 4.58. The Hall–Kier alpha value is -1.09. The SMILES string of the molecule is CC(C)C[C@H](N)C=Cc1ccc2ccccc2n1.Cl.Cl. The summed E-state index contributed by atoms with van der Waals surface area (Å²) < 4.78 is 0. The Bertz CT molecular complexity index is 553. The van der Waals surface area contributed by atoms with Crippen LogP contribution in [0.2, 0.25) is 0 Å². The van der Waals surface area contributed by atoms with Crippen LogP contribution in [-0.4, -0.2) is 11.0 Å². The minimum atomic E-state index is 0. The Morgan fingerprint density at radius 3 is 2.50 bits per heavy atom. The molecule has 0 bridgehead atoms. The molecule has 0 aliphatic heterocycles. The molecule has 110 valence electrons. The van der Waals surface area contributed by atoms with Crippen molar-refractivity contribution in [2.75, 3.05) is 0 Å². The molecule has 1 atom stereocenters. The molecule has 1 aromatic heterocycles. The first-order valence-electron chi connectivity index (χ1n) is 6.45. The first kappa shape index (κ1) is 18.9. The van der Waals surface area contributed by atoms with Gasteiger partial charge in [-0.3, -0.25) is 0 Å². The van der Waals surface area contributed by atoms with Gasteiger partial charge in [0.15, 0.2) is 0 Å². The molecule has 0 aliphatic carbocycles. The van der Waals surface area contributed by atoms with Gasteiger partial charge in [-0.25, -0.2) is 4.98 Å². The lowest BCUT2D eigenvalue weighted by atomic mass is 10.0. The van der Waals surface area contributed by atoms with Crippen LogP contribution in [0.15, 0.2) is 42.5 Å². The fraction of sp³-hybridized carbons (Fsp3) is 0.312. The van der Waals surface area contributed by atoms with Crippen molar-refractivity contribution in [2.24, 2.45) is 11.7 Å². The number of benzene rings is 1. The molecule has 20 heavy (non-hydrogen) atoms. The molecule has 2 aromatic rings. The van der Waals surface area contributed by atoms with Crippen LogP contribution in [0.4, 0.5) is 0 Å². The number of para-hydroxylation sites is 1. The molecule has 2 N–H and O–H groups in total. The molecule has 0 aliphatic rings. The van der Waals surface area contributed by atoms with Gasteiger partial charge in [0.1, 0.15) is 0 Å². The summed E-state index contributed by atoms with van der Waals surface area (Å²) in [5.74, 6) is 0.620. The number of nitrogens with zero attached hydrogens (tertiary/aromatic N) is 1. The molecule has 0 saturated carbocycles. The zero-order chi connectivity index (χ0) is 13.0. The molecular formula is C16H22Cl2N2. The molecule has 0 amide bonds. The summed E-state index contributed by atoms with van der Waals surface area (Å²) in [6, 6.07) is 12.4. The first-order chi connectivity index (χ1) is 8.65. The Morgan fingerprint density at radius 2 is 1.80 bits per heavy atom. The zero-order valence-corrected chi connectivity index (χ0v) is 13.5. The molecule has 2 nitrogen and oxygen atoms in total. The topological polar surface area (TPSA) is 38.9 Å². The van der Waals surface area contributed by atoms with E-state index in [1.54, 1.807) is 0 Å². The second-order valence-corrected chi connectivity index (χ2v) is 5.08. The summed E-state index contributed by atoms with van der Waals surface area (Å²) >= 11 is 0.